The van der Waals surface area contributed by atoms with Gasteiger partial charge in [-0.2, -0.15) is 0 Å². The van der Waals surface area contributed by atoms with E-state index in [1.807, 2.05) is 19.1 Å². The highest BCUT2D eigenvalue weighted by molar-refractivity contribution is 7.22. The van der Waals surface area contributed by atoms with E-state index in [1.54, 1.807) is 12.4 Å². The average molecular weight is 394 g/mol. The fraction of sp³-hybridized carbons (Fsp3) is 0.105. The van der Waals surface area contributed by atoms with Crippen LogP contribution in [0.15, 0.2) is 49.2 Å². The van der Waals surface area contributed by atoms with Crippen molar-refractivity contribution < 1.29 is 9.18 Å². The molecule has 0 aliphatic carbocycles. The molecule has 0 fully saturated rings. The molecule has 3 aromatic heterocycles. The number of amides is 2. The maximum absolute atomic E-state index is 13.8. The number of rotatable bonds is 4. The van der Waals surface area contributed by atoms with Crippen LogP contribution in [0, 0.1) is 5.82 Å². The molecule has 4 aromatic rings. The molecule has 0 aliphatic heterocycles. The molecule has 4 rings (SSSR count). The first kappa shape index (κ1) is 17.9. The number of halogens is 1. The average Bonchev–Trinajstić information content (AvgIpc) is 3.10. The molecular formula is C19H15FN6OS. The molecule has 0 saturated carbocycles. The Balaban J connectivity index is 1.88. The van der Waals surface area contributed by atoms with E-state index >= 15 is 0 Å². The Morgan fingerprint density at radius 2 is 2.00 bits per heavy atom. The van der Waals surface area contributed by atoms with Crippen molar-refractivity contribution in [1.82, 2.24) is 25.3 Å². The summed E-state index contributed by atoms with van der Waals surface area (Å²) in [5, 5.41) is 5.83. The number of anilines is 1. The third-order valence-corrected chi connectivity index (χ3v) is 4.96. The molecule has 0 bridgehead atoms. The van der Waals surface area contributed by atoms with E-state index in [0.717, 1.165) is 21.4 Å². The van der Waals surface area contributed by atoms with Crippen molar-refractivity contribution in [2.24, 2.45) is 0 Å². The summed E-state index contributed by atoms with van der Waals surface area (Å²) in [6, 6.07) is 6.12. The quantitative estimate of drug-likeness (QED) is 0.544. The van der Waals surface area contributed by atoms with Crippen molar-refractivity contribution in [3.63, 3.8) is 0 Å². The number of thiazole rings is 1. The van der Waals surface area contributed by atoms with E-state index in [2.05, 4.69) is 30.6 Å². The van der Waals surface area contributed by atoms with E-state index in [9.17, 15) is 9.18 Å². The van der Waals surface area contributed by atoms with Crippen LogP contribution in [0.1, 0.15) is 6.92 Å². The number of nitrogens with zero attached hydrogens (tertiary/aromatic N) is 4. The molecule has 140 valence electrons. The summed E-state index contributed by atoms with van der Waals surface area (Å²) in [6.07, 6.45) is 6.26. The summed E-state index contributed by atoms with van der Waals surface area (Å²) < 4.78 is 14.6. The number of hydrogen-bond acceptors (Lipinski definition) is 6. The van der Waals surface area contributed by atoms with E-state index < -0.39 is 0 Å². The number of fused-ring (bicyclic) bond motifs is 1. The van der Waals surface area contributed by atoms with Crippen LogP contribution in [0.25, 0.3) is 32.6 Å². The van der Waals surface area contributed by atoms with Gasteiger partial charge in [0.25, 0.3) is 0 Å². The molecule has 7 nitrogen and oxygen atoms in total. The SMILES string of the molecule is CCNC(=O)Nc1nc2cc(-c3cncnc3)cc(-c3cc(F)ccn3)c2s1. The lowest BCUT2D eigenvalue weighted by atomic mass is 10.0. The fourth-order valence-corrected chi connectivity index (χ4v) is 3.71. The molecule has 0 spiro atoms. The van der Waals surface area contributed by atoms with Crippen molar-refractivity contribution in [1.29, 1.82) is 0 Å². The molecule has 2 amide bonds. The van der Waals surface area contributed by atoms with Gasteiger partial charge in [-0.05, 0) is 30.7 Å². The Bertz CT molecular complexity index is 1150. The molecule has 0 radical (unpaired) electrons. The zero-order chi connectivity index (χ0) is 19.5. The molecule has 0 atom stereocenters. The van der Waals surface area contributed by atoms with Crippen molar-refractivity contribution in [3.05, 3.63) is 55.0 Å². The van der Waals surface area contributed by atoms with Crippen LogP contribution in [0.2, 0.25) is 0 Å². The van der Waals surface area contributed by atoms with E-state index in [0.29, 0.717) is 22.9 Å². The van der Waals surface area contributed by atoms with Gasteiger partial charge in [-0.25, -0.2) is 24.1 Å². The number of carbonyl (C=O) groups is 1. The van der Waals surface area contributed by atoms with E-state index in [-0.39, 0.29) is 11.8 Å². The van der Waals surface area contributed by atoms with Crippen LogP contribution in [0.5, 0.6) is 0 Å². The summed E-state index contributed by atoms with van der Waals surface area (Å²) in [4.78, 5) is 28.8. The van der Waals surface area contributed by atoms with Crippen molar-refractivity contribution in [2.75, 3.05) is 11.9 Å². The topological polar surface area (TPSA) is 92.7 Å². The van der Waals surface area contributed by atoms with Gasteiger partial charge in [0.1, 0.15) is 12.1 Å². The van der Waals surface area contributed by atoms with Crippen molar-refractivity contribution in [3.8, 4) is 22.4 Å². The normalized spacial score (nSPS) is 10.8. The summed E-state index contributed by atoms with van der Waals surface area (Å²) in [6.45, 7) is 2.34. The van der Waals surface area contributed by atoms with Crippen LogP contribution in [0.4, 0.5) is 14.3 Å². The molecule has 0 aliphatic rings. The van der Waals surface area contributed by atoms with Crippen LogP contribution >= 0.6 is 11.3 Å². The maximum atomic E-state index is 13.8. The number of nitrogens with one attached hydrogen (secondary N) is 2. The van der Waals surface area contributed by atoms with Crippen LogP contribution < -0.4 is 10.6 Å². The monoisotopic (exact) mass is 394 g/mol. The van der Waals surface area contributed by atoms with Gasteiger partial charge in [0.05, 0.1) is 15.9 Å². The lowest BCUT2D eigenvalue weighted by Gasteiger charge is -2.06. The second kappa shape index (κ2) is 7.65. The zero-order valence-corrected chi connectivity index (χ0v) is 15.6. The Morgan fingerprint density at radius 3 is 2.75 bits per heavy atom. The molecular weight excluding hydrogens is 379 g/mol. The van der Waals surface area contributed by atoms with Gasteiger partial charge in [-0.1, -0.05) is 11.3 Å². The first-order valence-corrected chi connectivity index (χ1v) is 9.32. The minimum atomic E-state index is -0.378. The second-order valence-electron chi connectivity index (χ2n) is 5.86. The summed E-state index contributed by atoms with van der Waals surface area (Å²) >= 11 is 1.31. The predicted molar refractivity (Wildman–Crippen MR) is 107 cm³/mol. The number of pyridine rings is 1. The largest absolute Gasteiger partial charge is 0.338 e. The Labute approximate surface area is 163 Å². The Hall–Kier alpha value is -3.46. The minimum Gasteiger partial charge on any atom is -0.338 e. The van der Waals surface area contributed by atoms with E-state index in [4.69, 9.17) is 0 Å². The van der Waals surface area contributed by atoms with Gasteiger partial charge in [0.15, 0.2) is 5.13 Å². The van der Waals surface area contributed by atoms with Crippen LogP contribution in [-0.4, -0.2) is 32.5 Å². The van der Waals surface area contributed by atoms with Gasteiger partial charge < -0.3 is 5.32 Å². The van der Waals surface area contributed by atoms with Crippen molar-refractivity contribution in [2.45, 2.75) is 6.92 Å². The number of hydrogen-bond donors (Lipinski definition) is 2. The van der Waals surface area contributed by atoms with Gasteiger partial charge in [-0.3, -0.25) is 10.3 Å². The number of benzene rings is 1. The Morgan fingerprint density at radius 1 is 1.18 bits per heavy atom. The highest BCUT2D eigenvalue weighted by Crippen LogP contribution is 2.38. The van der Waals surface area contributed by atoms with Gasteiger partial charge in [0.2, 0.25) is 0 Å². The predicted octanol–water partition coefficient (Wildman–Crippen LogP) is 4.10. The zero-order valence-electron chi connectivity index (χ0n) is 14.8. The third-order valence-electron chi connectivity index (χ3n) is 3.94. The van der Waals surface area contributed by atoms with Gasteiger partial charge >= 0.3 is 6.03 Å². The number of aromatic nitrogens is 4. The molecule has 28 heavy (non-hydrogen) atoms. The Kier molecular flexibility index (Phi) is 4.90. The first-order valence-electron chi connectivity index (χ1n) is 8.51. The summed E-state index contributed by atoms with van der Waals surface area (Å²) in [5.74, 6) is -0.378. The maximum Gasteiger partial charge on any atom is 0.321 e. The highest BCUT2D eigenvalue weighted by atomic mass is 32.1. The molecule has 0 saturated heterocycles. The van der Waals surface area contributed by atoms with Crippen molar-refractivity contribution >= 4 is 32.7 Å². The number of urea groups is 1. The fourth-order valence-electron chi connectivity index (χ4n) is 2.75. The minimum absolute atomic E-state index is 0.330. The van der Waals surface area contributed by atoms with Crippen LogP contribution in [-0.2, 0) is 0 Å². The molecule has 9 heteroatoms. The number of carbonyl (C=O) groups excluding carboxylic acids is 1. The highest BCUT2D eigenvalue weighted by Gasteiger charge is 2.15. The molecule has 1 aromatic carbocycles. The molecule has 3 heterocycles. The molecule has 2 N–H and O–H groups in total. The molecule has 0 unspecified atom stereocenters. The standard InChI is InChI=1S/C19H15FN6OS/c1-2-23-18(27)26-19-25-16-6-11(12-8-21-10-22-9-12)5-14(17(16)28-19)15-7-13(20)3-4-24-15/h3-10H,2H2,1H3,(H2,23,25,26,27). The lowest BCUT2D eigenvalue weighted by molar-refractivity contribution is 0.252. The third kappa shape index (κ3) is 3.65. The lowest BCUT2D eigenvalue weighted by Crippen LogP contribution is -2.28. The smallest absolute Gasteiger partial charge is 0.321 e. The van der Waals surface area contributed by atoms with Gasteiger partial charge in [0, 0.05) is 42.3 Å². The second-order valence-corrected chi connectivity index (χ2v) is 6.86. The first-order chi connectivity index (χ1) is 13.6. The van der Waals surface area contributed by atoms with Crippen LogP contribution in [0.3, 0.4) is 0 Å². The van der Waals surface area contributed by atoms with E-state index in [1.165, 1.54) is 36.0 Å². The summed E-state index contributed by atoms with van der Waals surface area (Å²) in [7, 11) is 0. The summed E-state index contributed by atoms with van der Waals surface area (Å²) in [5.41, 5.74) is 3.49. The van der Waals surface area contributed by atoms with Gasteiger partial charge in [-0.15, -0.1) is 0 Å².